The third-order valence-electron chi connectivity index (χ3n) is 3.09. The van der Waals surface area contributed by atoms with E-state index in [1.807, 2.05) is 30.1 Å². The molecule has 1 heterocycles. The molecule has 0 saturated carbocycles. The van der Waals surface area contributed by atoms with Crippen molar-refractivity contribution in [2.24, 2.45) is 12.8 Å². The molecule has 0 spiro atoms. The van der Waals surface area contributed by atoms with Crippen LogP contribution in [0.5, 0.6) is 5.75 Å². The number of nitrogens with two attached hydrogens (primary N) is 1. The second-order valence-electron chi connectivity index (χ2n) is 4.88. The van der Waals surface area contributed by atoms with Gasteiger partial charge in [0.05, 0.1) is 6.04 Å². The van der Waals surface area contributed by atoms with Gasteiger partial charge in [0, 0.05) is 26.0 Å². The molecule has 1 aromatic carbocycles. The molecule has 20 heavy (non-hydrogen) atoms. The molecule has 106 valence electrons. The van der Waals surface area contributed by atoms with Crippen LogP contribution in [0.3, 0.4) is 0 Å². The molecule has 0 aliphatic rings. The highest BCUT2D eigenvalue weighted by Crippen LogP contribution is 2.11. The lowest BCUT2D eigenvalue weighted by Crippen LogP contribution is -2.41. The van der Waals surface area contributed by atoms with Crippen LogP contribution < -0.4 is 11.1 Å². The summed E-state index contributed by atoms with van der Waals surface area (Å²) in [7, 11) is 1.93. The minimum atomic E-state index is -0.594. The Bertz CT molecular complexity index is 575. The minimum Gasteiger partial charge on any atom is -0.508 e. The Labute approximate surface area is 118 Å². The Morgan fingerprint density at radius 3 is 2.60 bits per heavy atom. The second-order valence-corrected chi connectivity index (χ2v) is 4.88. The number of amides is 1. The summed E-state index contributed by atoms with van der Waals surface area (Å²) < 4.78 is 1.93. The minimum absolute atomic E-state index is 0.179. The standard InChI is InChI=1S/C15H19N3O2/c1-18-7-6-12(10-18)9-17-15(20)14(16)8-11-2-4-13(19)5-3-11/h2-7,10,14,19H,8-9,16H2,1H3,(H,17,20). The fraction of sp³-hybridized carbons (Fsp3) is 0.267. The molecule has 5 nitrogen and oxygen atoms in total. The van der Waals surface area contributed by atoms with E-state index >= 15 is 0 Å². The molecule has 0 fully saturated rings. The Hall–Kier alpha value is -2.27. The number of carbonyl (C=O) groups is 1. The number of hydrogen-bond acceptors (Lipinski definition) is 3. The Morgan fingerprint density at radius 1 is 1.30 bits per heavy atom. The summed E-state index contributed by atoms with van der Waals surface area (Å²) in [5, 5.41) is 12.0. The van der Waals surface area contributed by atoms with Crippen LogP contribution in [-0.2, 0) is 24.8 Å². The van der Waals surface area contributed by atoms with E-state index in [1.54, 1.807) is 24.3 Å². The number of nitrogens with zero attached hydrogens (tertiary/aromatic N) is 1. The molecule has 2 aromatic rings. The van der Waals surface area contributed by atoms with Crippen LogP contribution in [0.4, 0.5) is 0 Å². The molecule has 0 saturated heterocycles. The van der Waals surface area contributed by atoms with Crippen molar-refractivity contribution in [3.63, 3.8) is 0 Å². The first-order valence-electron chi connectivity index (χ1n) is 6.46. The summed E-state index contributed by atoms with van der Waals surface area (Å²) >= 11 is 0. The SMILES string of the molecule is Cn1ccc(CNC(=O)C(N)Cc2ccc(O)cc2)c1. The van der Waals surface area contributed by atoms with Gasteiger partial charge in [0.15, 0.2) is 0 Å². The smallest absolute Gasteiger partial charge is 0.237 e. The molecule has 0 bridgehead atoms. The van der Waals surface area contributed by atoms with Gasteiger partial charge in [-0.2, -0.15) is 0 Å². The molecular weight excluding hydrogens is 254 g/mol. The lowest BCUT2D eigenvalue weighted by atomic mass is 10.1. The molecule has 4 N–H and O–H groups in total. The summed E-state index contributed by atoms with van der Waals surface area (Å²) in [6, 6.07) is 8.06. The first-order valence-corrected chi connectivity index (χ1v) is 6.46. The van der Waals surface area contributed by atoms with Gasteiger partial charge >= 0.3 is 0 Å². The number of rotatable bonds is 5. The predicted octanol–water partition coefficient (Wildman–Crippen LogP) is 0.917. The van der Waals surface area contributed by atoms with Gasteiger partial charge in [-0.15, -0.1) is 0 Å². The zero-order valence-corrected chi connectivity index (χ0v) is 11.4. The molecule has 0 aliphatic carbocycles. The Morgan fingerprint density at radius 2 is 2.00 bits per heavy atom. The number of nitrogens with one attached hydrogen (secondary N) is 1. The zero-order valence-electron chi connectivity index (χ0n) is 11.4. The maximum absolute atomic E-state index is 11.9. The molecule has 1 aromatic heterocycles. The second kappa shape index (κ2) is 6.25. The zero-order chi connectivity index (χ0) is 14.5. The van der Waals surface area contributed by atoms with Crippen molar-refractivity contribution in [1.29, 1.82) is 0 Å². The first kappa shape index (κ1) is 14.1. The van der Waals surface area contributed by atoms with Crippen LogP contribution in [0, 0.1) is 0 Å². The van der Waals surface area contributed by atoms with E-state index in [2.05, 4.69) is 5.32 Å². The van der Waals surface area contributed by atoms with E-state index in [0.29, 0.717) is 13.0 Å². The normalized spacial score (nSPS) is 12.1. The van der Waals surface area contributed by atoms with Gasteiger partial charge in [0.25, 0.3) is 0 Å². The van der Waals surface area contributed by atoms with Crippen molar-refractivity contribution < 1.29 is 9.90 Å². The lowest BCUT2D eigenvalue weighted by molar-refractivity contribution is -0.122. The van der Waals surface area contributed by atoms with Crippen LogP contribution in [0.1, 0.15) is 11.1 Å². The van der Waals surface area contributed by atoms with E-state index in [0.717, 1.165) is 11.1 Å². The van der Waals surface area contributed by atoms with Crippen molar-refractivity contribution in [3.05, 3.63) is 53.9 Å². The largest absolute Gasteiger partial charge is 0.508 e. The van der Waals surface area contributed by atoms with Crippen LogP contribution in [0.15, 0.2) is 42.7 Å². The average Bonchev–Trinajstić information content (AvgIpc) is 2.84. The van der Waals surface area contributed by atoms with Gasteiger partial charge in [0.1, 0.15) is 5.75 Å². The number of hydrogen-bond donors (Lipinski definition) is 3. The molecule has 0 radical (unpaired) electrons. The fourth-order valence-corrected chi connectivity index (χ4v) is 1.96. The summed E-state index contributed by atoms with van der Waals surface area (Å²) in [4.78, 5) is 11.9. The molecule has 1 atom stereocenters. The number of aryl methyl sites for hydroxylation is 1. The van der Waals surface area contributed by atoms with Crippen molar-refractivity contribution >= 4 is 5.91 Å². The summed E-state index contributed by atoms with van der Waals surface area (Å²) in [6.07, 6.45) is 4.32. The maximum atomic E-state index is 11.9. The number of aromatic nitrogens is 1. The van der Waals surface area contributed by atoms with Gasteiger partial charge in [-0.1, -0.05) is 12.1 Å². The third-order valence-corrected chi connectivity index (χ3v) is 3.09. The van der Waals surface area contributed by atoms with E-state index in [1.165, 1.54) is 0 Å². The van der Waals surface area contributed by atoms with Crippen molar-refractivity contribution in [2.45, 2.75) is 19.0 Å². The van der Waals surface area contributed by atoms with Crippen molar-refractivity contribution in [2.75, 3.05) is 0 Å². The van der Waals surface area contributed by atoms with E-state index in [9.17, 15) is 9.90 Å². The van der Waals surface area contributed by atoms with E-state index < -0.39 is 6.04 Å². The summed E-state index contributed by atoms with van der Waals surface area (Å²) in [5.74, 6) is 0.0257. The van der Waals surface area contributed by atoms with Crippen LogP contribution in [0.2, 0.25) is 0 Å². The quantitative estimate of drug-likeness (QED) is 0.757. The number of carbonyl (C=O) groups excluding carboxylic acids is 1. The molecule has 0 aliphatic heterocycles. The number of benzene rings is 1. The summed E-state index contributed by atoms with van der Waals surface area (Å²) in [5.41, 5.74) is 7.84. The topological polar surface area (TPSA) is 80.3 Å². The molecule has 2 rings (SSSR count). The van der Waals surface area contributed by atoms with Crippen LogP contribution >= 0.6 is 0 Å². The monoisotopic (exact) mass is 273 g/mol. The van der Waals surface area contributed by atoms with Gasteiger partial charge in [-0.05, 0) is 35.7 Å². The predicted molar refractivity (Wildman–Crippen MR) is 77.0 cm³/mol. The molecular formula is C15H19N3O2. The fourth-order valence-electron chi connectivity index (χ4n) is 1.96. The van der Waals surface area contributed by atoms with Gasteiger partial charge < -0.3 is 20.7 Å². The number of phenols is 1. The molecule has 5 heteroatoms. The molecule has 1 unspecified atom stereocenters. The van der Waals surface area contributed by atoms with Crippen molar-refractivity contribution in [3.8, 4) is 5.75 Å². The van der Waals surface area contributed by atoms with Gasteiger partial charge in [-0.25, -0.2) is 0 Å². The van der Waals surface area contributed by atoms with Crippen LogP contribution in [-0.4, -0.2) is 21.6 Å². The Kier molecular flexibility index (Phi) is 4.42. The lowest BCUT2D eigenvalue weighted by Gasteiger charge is -2.12. The average molecular weight is 273 g/mol. The highest BCUT2D eigenvalue weighted by Gasteiger charge is 2.13. The summed E-state index contributed by atoms with van der Waals surface area (Å²) in [6.45, 7) is 0.475. The van der Waals surface area contributed by atoms with Gasteiger partial charge in [0.2, 0.25) is 5.91 Å². The highest BCUT2D eigenvalue weighted by atomic mass is 16.3. The van der Waals surface area contributed by atoms with Crippen LogP contribution in [0.25, 0.3) is 0 Å². The van der Waals surface area contributed by atoms with Crippen molar-refractivity contribution in [1.82, 2.24) is 9.88 Å². The third kappa shape index (κ3) is 3.86. The first-order chi connectivity index (χ1) is 9.54. The molecule has 1 amide bonds. The maximum Gasteiger partial charge on any atom is 0.237 e. The number of aromatic hydroxyl groups is 1. The van der Waals surface area contributed by atoms with Gasteiger partial charge in [-0.3, -0.25) is 4.79 Å². The number of phenolic OH excluding ortho intramolecular Hbond substituents is 1. The Balaban J connectivity index is 1.84. The van der Waals surface area contributed by atoms with E-state index in [-0.39, 0.29) is 11.7 Å². The highest BCUT2D eigenvalue weighted by molar-refractivity contribution is 5.81. The van der Waals surface area contributed by atoms with E-state index in [4.69, 9.17) is 5.73 Å².